The molecular weight excluding hydrogens is 212 g/mol. The lowest BCUT2D eigenvalue weighted by atomic mass is 10.1. The number of aromatic nitrogens is 1. The van der Waals surface area contributed by atoms with Crippen LogP contribution in [0.4, 0.5) is 0 Å². The molecule has 1 aromatic carbocycles. The Morgan fingerprint density at radius 3 is 3.00 bits per heavy atom. The normalized spacial score (nSPS) is 9.87. The smallest absolute Gasteiger partial charge is 0.226 e. The second kappa shape index (κ2) is 4.16. The van der Waals surface area contributed by atoms with E-state index in [1.54, 1.807) is 18.2 Å². The highest BCUT2D eigenvalue weighted by Gasteiger charge is 2.06. The van der Waals surface area contributed by atoms with Gasteiger partial charge in [-0.05, 0) is 18.2 Å². The molecule has 15 heavy (non-hydrogen) atoms. The topological polar surface area (TPSA) is 49.8 Å². The maximum atomic E-state index is 8.74. The maximum Gasteiger partial charge on any atom is 0.226 e. The van der Waals surface area contributed by atoms with Gasteiger partial charge in [0.1, 0.15) is 6.26 Å². The molecule has 0 amide bonds. The summed E-state index contributed by atoms with van der Waals surface area (Å²) >= 11 is 5.61. The van der Waals surface area contributed by atoms with Gasteiger partial charge < -0.3 is 4.42 Å². The number of benzene rings is 1. The zero-order valence-corrected chi connectivity index (χ0v) is 8.53. The van der Waals surface area contributed by atoms with Crippen LogP contribution in [0.1, 0.15) is 11.3 Å². The minimum Gasteiger partial charge on any atom is -0.444 e. The maximum absolute atomic E-state index is 8.74. The first-order valence-corrected chi connectivity index (χ1v) is 4.88. The van der Waals surface area contributed by atoms with Gasteiger partial charge in [0.15, 0.2) is 0 Å². The molecule has 3 nitrogen and oxygen atoms in total. The Morgan fingerprint density at radius 1 is 1.47 bits per heavy atom. The molecule has 74 valence electrons. The van der Waals surface area contributed by atoms with Gasteiger partial charge in [0, 0.05) is 5.56 Å². The number of hydrogen-bond donors (Lipinski definition) is 0. The van der Waals surface area contributed by atoms with Crippen molar-refractivity contribution in [3.63, 3.8) is 0 Å². The second-order valence-electron chi connectivity index (χ2n) is 2.97. The van der Waals surface area contributed by atoms with E-state index in [2.05, 4.69) is 11.1 Å². The Kier molecular flexibility index (Phi) is 2.70. The molecule has 0 saturated carbocycles. The van der Waals surface area contributed by atoms with E-state index in [4.69, 9.17) is 21.3 Å². The van der Waals surface area contributed by atoms with Gasteiger partial charge in [0.05, 0.1) is 23.2 Å². The molecular formula is C11H7ClN2O. The Hall–Kier alpha value is -1.79. The Bertz CT molecular complexity index is 513. The fourth-order valence-corrected chi connectivity index (χ4v) is 1.35. The van der Waals surface area contributed by atoms with Crippen LogP contribution in [-0.2, 0) is 5.88 Å². The summed E-state index contributed by atoms with van der Waals surface area (Å²) in [7, 11) is 0. The van der Waals surface area contributed by atoms with E-state index in [-0.39, 0.29) is 0 Å². The Balaban J connectivity index is 2.41. The van der Waals surface area contributed by atoms with Crippen LogP contribution < -0.4 is 0 Å². The third kappa shape index (κ3) is 2.00. The molecule has 0 radical (unpaired) electrons. The molecule has 2 rings (SSSR count). The average Bonchev–Trinajstić information content (AvgIpc) is 2.78. The van der Waals surface area contributed by atoms with Gasteiger partial charge in [-0.25, -0.2) is 4.98 Å². The molecule has 0 aliphatic carbocycles. The van der Waals surface area contributed by atoms with Crippen LogP contribution in [0.2, 0.25) is 0 Å². The quantitative estimate of drug-likeness (QED) is 0.729. The third-order valence-corrected chi connectivity index (χ3v) is 2.20. The summed E-state index contributed by atoms with van der Waals surface area (Å²) in [6, 6.07) is 9.15. The van der Waals surface area contributed by atoms with Crippen molar-refractivity contribution in [3.8, 4) is 17.5 Å². The first kappa shape index (κ1) is 9.75. The first-order valence-electron chi connectivity index (χ1n) is 4.34. The number of nitrogens with zero attached hydrogens (tertiary/aromatic N) is 2. The number of nitriles is 1. The van der Waals surface area contributed by atoms with Gasteiger partial charge >= 0.3 is 0 Å². The van der Waals surface area contributed by atoms with E-state index in [1.807, 2.05) is 6.07 Å². The van der Waals surface area contributed by atoms with E-state index < -0.39 is 0 Å². The minimum atomic E-state index is 0.321. The van der Waals surface area contributed by atoms with E-state index >= 15 is 0 Å². The Labute approximate surface area is 91.9 Å². The average molecular weight is 219 g/mol. The van der Waals surface area contributed by atoms with Gasteiger partial charge in [0.25, 0.3) is 0 Å². The van der Waals surface area contributed by atoms with E-state index in [9.17, 15) is 0 Å². The molecule has 0 saturated heterocycles. The van der Waals surface area contributed by atoms with Crippen LogP contribution >= 0.6 is 11.6 Å². The molecule has 0 atom stereocenters. The van der Waals surface area contributed by atoms with E-state index in [0.717, 1.165) is 5.56 Å². The predicted octanol–water partition coefficient (Wildman–Crippen LogP) is 2.95. The highest BCUT2D eigenvalue weighted by Crippen LogP contribution is 2.20. The molecule has 0 aliphatic heterocycles. The molecule has 0 fully saturated rings. The van der Waals surface area contributed by atoms with E-state index in [0.29, 0.717) is 23.0 Å². The fraction of sp³-hybridized carbons (Fsp3) is 0.0909. The summed E-state index contributed by atoms with van der Waals surface area (Å²) in [4.78, 5) is 4.17. The SMILES string of the molecule is N#Cc1cccc(-c2nc(CCl)co2)c1. The molecule has 0 aliphatic rings. The lowest BCUT2D eigenvalue weighted by Crippen LogP contribution is -1.81. The molecule has 1 heterocycles. The van der Waals surface area contributed by atoms with Crippen molar-refractivity contribution in [3.05, 3.63) is 41.8 Å². The number of halogens is 1. The van der Waals surface area contributed by atoms with Crippen LogP contribution in [0.3, 0.4) is 0 Å². The summed E-state index contributed by atoms with van der Waals surface area (Å²) in [5.41, 5.74) is 2.05. The zero-order valence-electron chi connectivity index (χ0n) is 7.77. The summed E-state index contributed by atoms with van der Waals surface area (Å²) in [5, 5.41) is 8.74. The summed E-state index contributed by atoms with van der Waals surface area (Å²) < 4.78 is 5.24. The van der Waals surface area contributed by atoms with Crippen molar-refractivity contribution in [2.24, 2.45) is 0 Å². The second-order valence-corrected chi connectivity index (χ2v) is 3.24. The largest absolute Gasteiger partial charge is 0.444 e. The van der Waals surface area contributed by atoms with Crippen molar-refractivity contribution in [2.75, 3.05) is 0 Å². The summed E-state index contributed by atoms with van der Waals surface area (Å²) in [6.07, 6.45) is 1.52. The van der Waals surface area contributed by atoms with Crippen molar-refractivity contribution >= 4 is 11.6 Å². The van der Waals surface area contributed by atoms with E-state index in [1.165, 1.54) is 6.26 Å². The van der Waals surface area contributed by atoms with Crippen molar-refractivity contribution in [1.29, 1.82) is 5.26 Å². The van der Waals surface area contributed by atoms with Gasteiger partial charge in [-0.1, -0.05) is 6.07 Å². The standard InChI is InChI=1S/C11H7ClN2O/c12-5-10-7-15-11(14-10)9-3-1-2-8(4-9)6-13/h1-4,7H,5H2. The predicted molar refractivity (Wildman–Crippen MR) is 56.2 cm³/mol. The minimum absolute atomic E-state index is 0.321. The number of hydrogen-bond acceptors (Lipinski definition) is 3. The molecule has 1 aromatic heterocycles. The van der Waals surface area contributed by atoms with Gasteiger partial charge in [-0.15, -0.1) is 11.6 Å². The van der Waals surface area contributed by atoms with Gasteiger partial charge in [-0.2, -0.15) is 5.26 Å². The van der Waals surface area contributed by atoms with Crippen LogP contribution in [0.25, 0.3) is 11.5 Å². The molecule has 4 heteroatoms. The summed E-state index contributed by atoms with van der Waals surface area (Å²) in [5.74, 6) is 0.810. The molecule has 0 bridgehead atoms. The van der Waals surface area contributed by atoms with Crippen LogP contribution in [0.15, 0.2) is 34.9 Å². The number of oxazole rings is 1. The van der Waals surface area contributed by atoms with Gasteiger partial charge in [0.2, 0.25) is 5.89 Å². The van der Waals surface area contributed by atoms with Crippen LogP contribution in [0.5, 0.6) is 0 Å². The zero-order chi connectivity index (χ0) is 10.7. The lowest BCUT2D eigenvalue weighted by molar-refractivity contribution is 0.573. The molecule has 2 aromatic rings. The fourth-order valence-electron chi connectivity index (χ4n) is 1.22. The van der Waals surface area contributed by atoms with Crippen molar-refractivity contribution < 1.29 is 4.42 Å². The lowest BCUT2D eigenvalue weighted by Gasteiger charge is -1.94. The monoisotopic (exact) mass is 218 g/mol. The number of alkyl halides is 1. The number of rotatable bonds is 2. The molecule has 0 spiro atoms. The molecule has 0 unspecified atom stereocenters. The Morgan fingerprint density at radius 2 is 2.33 bits per heavy atom. The van der Waals surface area contributed by atoms with Gasteiger partial charge in [-0.3, -0.25) is 0 Å². The van der Waals surface area contributed by atoms with Crippen molar-refractivity contribution in [1.82, 2.24) is 4.98 Å². The highest BCUT2D eigenvalue weighted by molar-refractivity contribution is 6.16. The first-order chi connectivity index (χ1) is 7.33. The highest BCUT2D eigenvalue weighted by atomic mass is 35.5. The van der Waals surface area contributed by atoms with Crippen molar-refractivity contribution in [2.45, 2.75) is 5.88 Å². The summed E-state index contributed by atoms with van der Waals surface area (Å²) in [6.45, 7) is 0. The molecule has 0 N–H and O–H groups in total. The van der Waals surface area contributed by atoms with Crippen LogP contribution in [0, 0.1) is 11.3 Å². The van der Waals surface area contributed by atoms with Crippen LogP contribution in [-0.4, -0.2) is 4.98 Å². The third-order valence-electron chi connectivity index (χ3n) is 1.93.